The van der Waals surface area contributed by atoms with Crippen LogP contribution < -0.4 is 4.74 Å². The number of nitrogens with zero attached hydrogens (tertiary/aromatic N) is 2. The van der Waals surface area contributed by atoms with E-state index in [9.17, 15) is 4.79 Å². The van der Waals surface area contributed by atoms with Gasteiger partial charge in [-0.05, 0) is 93.6 Å². The van der Waals surface area contributed by atoms with Gasteiger partial charge in [-0.15, -0.1) is 0 Å². The largest absolute Gasteiger partial charge is 0.457 e. The number of para-hydroxylation sites is 1. The van der Waals surface area contributed by atoms with Gasteiger partial charge in [-0.1, -0.05) is 47.5 Å². The van der Waals surface area contributed by atoms with Crippen molar-refractivity contribution in [3.8, 4) is 11.5 Å². The van der Waals surface area contributed by atoms with Crippen molar-refractivity contribution >= 4 is 17.5 Å². The summed E-state index contributed by atoms with van der Waals surface area (Å²) in [6.45, 7) is 6.85. The number of likely N-dealkylation sites (tertiary alicyclic amines) is 2. The Bertz CT molecular complexity index is 1140. The number of benzene rings is 3. The average Bonchev–Trinajstić information content (AvgIpc) is 2.89. The zero-order chi connectivity index (χ0) is 24.3. The lowest BCUT2D eigenvalue weighted by Crippen LogP contribution is -2.48. The Kier molecular flexibility index (Phi) is 7.12. The average molecular weight is 489 g/mol. The number of halogens is 1. The van der Waals surface area contributed by atoms with Crippen LogP contribution in [0, 0.1) is 12.3 Å². The van der Waals surface area contributed by atoms with Crippen LogP contribution in [0.4, 0.5) is 0 Å². The van der Waals surface area contributed by atoms with Crippen LogP contribution in [0.25, 0.3) is 0 Å². The van der Waals surface area contributed by atoms with Crippen molar-refractivity contribution in [2.75, 3.05) is 26.2 Å². The van der Waals surface area contributed by atoms with Crippen LogP contribution in [0.5, 0.6) is 11.5 Å². The number of piperidine rings is 2. The first-order valence-electron chi connectivity index (χ1n) is 12.6. The van der Waals surface area contributed by atoms with Crippen LogP contribution in [0.2, 0.25) is 5.02 Å². The van der Waals surface area contributed by atoms with Crippen molar-refractivity contribution < 1.29 is 9.53 Å². The third kappa shape index (κ3) is 5.71. The minimum Gasteiger partial charge on any atom is -0.457 e. The number of amides is 1. The quantitative estimate of drug-likeness (QED) is 0.389. The molecule has 0 saturated carbocycles. The second-order valence-corrected chi connectivity index (χ2v) is 10.5. The van der Waals surface area contributed by atoms with E-state index in [0.29, 0.717) is 10.4 Å². The normalized spacial score (nSPS) is 17.9. The molecule has 35 heavy (non-hydrogen) atoms. The molecule has 0 bridgehead atoms. The van der Waals surface area contributed by atoms with Crippen LogP contribution in [0.1, 0.15) is 47.2 Å². The van der Waals surface area contributed by atoms with Crippen LogP contribution >= 0.6 is 11.6 Å². The van der Waals surface area contributed by atoms with Gasteiger partial charge in [-0.25, -0.2) is 0 Å². The predicted octanol–water partition coefficient (Wildman–Crippen LogP) is 6.96. The van der Waals surface area contributed by atoms with E-state index in [-0.39, 0.29) is 5.91 Å². The number of hydrogen-bond donors (Lipinski definition) is 0. The molecule has 5 heteroatoms. The van der Waals surface area contributed by atoms with Gasteiger partial charge in [-0.2, -0.15) is 0 Å². The highest BCUT2D eigenvalue weighted by atomic mass is 35.5. The molecule has 2 aliphatic rings. The Balaban J connectivity index is 1.15. The summed E-state index contributed by atoms with van der Waals surface area (Å²) in [5.41, 5.74) is 3.55. The van der Waals surface area contributed by atoms with Gasteiger partial charge in [0.15, 0.2) is 0 Å². The summed E-state index contributed by atoms with van der Waals surface area (Å²) in [5.74, 6) is 1.94. The first kappa shape index (κ1) is 23.9. The maximum Gasteiger partial charge on any atom is 0.253 e. The van der Waals surface area contributed by atoms with Crippen molar-refractivity contribution in [2.24, 2.45) is 5.41 Å². The first-order chi connectivity index (χ1) is 17.0. The van der Waals surface area contributed by atoms with E-state index in [0.717, 1.165) is 62.6 Å². The fraction of sp³-hybridized carbons (Fsp3) is 0.367. The number of aryl methyl sites for hydroxylation is 1. The molecule has 2 aliphatic heterocycles. The van der Waals surface area contributed by atoms with Gasteiger partial charge < -0.3 is 9.64 Å². The van der Waals surface area contributed by atoms with Crippen molar-refractivity contribution in [3.05, 3.63) is 94.5 Å². The van der Waals surface area contributed by atoms with Gasteiger partial charge in [0, 0.05) is 35.8 Å². The smallest absolute Gasteiger partial charge is 0.253 e. The van der Waals surface area contributed by atoms with E-state index in [1.54, 1.807) is 12.1 Å². The van der Waals surface area contributed by atoms with Crippen LogP contribution in [-0.2, 0) is 6.54 Å². The monoisotopic (exact) mass is 488 g/mol. The Hall–Kier alpha value is -2.82. The summed E-state index contributed by atoms with van der Waals surface area (Å²) in [6, 6.07) is 23.8. The lowest BCUT2D eigenvalue weighted by molar-refractivity contribution is 0.0284. The van der Waals surface area contributed by atoms with E-state index in [4.69, 9.17) is 16.3 Å². The Labute approximate surface area is 213 Å². The molecular weight excluding hydrogens is 456 g/mol. The molecule has 0 unspecified atom stereocenters. The minimum atomic E-state index is 0.124. The summed E-state index contributed by atoms with van der Waals surface area (Å²) in [5, 5.41) is 0.662. The minimum absolute atomic E-state index is 0.124. The highest BCUT2D eigenvalue weighted by Crippen LogP contribution is 2.42. The highest BCUT2D eigenvalue weighted by molar-refractivity contribution is 6.30. The molecule has 1 spiro atoms. The third-order valence-corrected chi connectivity index (χ3v) is 7.99. The Morgan fingerprint density at radius 2 is 1.49 bits per heavy atom. The first-order valence-corrected chi connectivity index (χ1v) is 13.0. The highest BCUT2D eigenvalue weighted by Gasteiger charge is 2.38. The van der Waals surface area contributed by atoms with Gasteiger partial charge in [0.1, 0.15) is 11.5 Å². The molecule has 4 nitrogen and oxygen atoms in total. The fourth-order valence-corrected chi connectivity index (χ4v) is 5.48. The van der Waals surface area contributed by atoms with E-state index >= 15 is 0 Å². The van der Waals surface area contributed by atoms with Crippen molar-refractivity contribution in [1.82, 2.24) is 9.80 Å². The number of ether oxygens (including phenoxy) is 1. The van der Waals surface area contributed by atoms with E-state index in [1.807, 2.05) is 35.2 Å². The van der Waals surface area contributed by atoms with Crippen LogP contribution in [-0.4, -0.2) is 41.9 Å². The molecule has 2 fully saturated rings. The predicted molar refractivity (Wildman–Crippen MR) is 141 cm³/mol. The van der Waals surface area contributed by atoms with Crippen LogP contribution in [0.15, 0.2) is 72.8 Å². The number of carbonyl (C=O) groups is 1. The molecule has 0 atom stereocenters. The molecule has 3 aromatic carbocycles. The van der Waals surface area contributed by atoms with Gasteiger partial charge in [0.25, 0.3) is 5.91 Å². The number of carbonyl (C=O) groups excluding carboxylic acids is 1. The molecule has 0 N–H and O–H groups in total. The summed E-state index contributed by atoms with van der Waals surface area (Å²) in [7, 11) is 0. The molecular formula is C30H33ClN2O2. The molecule has 2 saturated heterocycles. The fourth-order valence-electron chi connectivity index (χ4n) is 5.35. The molecule has 0 aliphatic carbocycles. The molecule has 3 aromatic rings. The maximum absolute atomic E-state index is 12.9. The molecule has 0 radical (unpaired) electrons. The molecule has 5 rings (SSSR count). The van der Waals surface area contributed by atoms with E-state index in [1.165, 1.54) is 24.0 Å². The van der Waals surface area contributed by atoms with E-state index < -0.39 is 0 Å². The third-order valence-electron chi connectivity index (χ3n) is 7.73. The zero-order valence-electron chi connectivity index (χ0n) is 20.4. The van der Waals surface area contributed by atoms with Crippen molar-refractivity contribution in [3.63, 3.8) is 0 Å². The summed E-state index contributed by atoms with van der Waals surface area (Å²) < 4.78 is 6.22. The SMILES string of the molecule is Cc1ccc(Oc2ccccc2CN2CCC3(CC2)CCN(C(=O)c2ccc(Cl)cc2)CC3)cc1. The standard InChI is InChI=1S/C30H33ClN2O2/c1-23-6-12-27(13-7-23)35-28-5-3-2-4-25(28)22-32-18-14-30(15-19-32)16-20-33(21-17-30)29(34)24-8-10-26(31)11-9-24/h2-13H,14-22H2,1H3. The lowest BCUT2D eigenvalue weighted by Gasteiger charge is -2.47. The molecule has 0 aromatic heterocycles. The molecule has 182 valence electrons. The second kappa shape index (κ2) is 10.4. The van der Waals surface area contributed by atoms with Gasteiger partial charge in [0.2, 0.25) is 0 Å². The summed E-state index contributed by atoms with van der Waals surface area (Å²) >= 11 is 5.98. The van der Waals surface area contributed by atoms with Crippen molar-refractivity contribution in [1.29, 1.82) is 0 Å². The van der Waals surface area contributed by atoms with Gasteiger partial charge in [0.05, 0.1) is 0 Å². The topological polar surface area (TPSA) is 32.8 Å². The zero-order valence-corrected chi connectivity index (χ0v) is 21.1. The summed E-state index contributed by atoms with van der Waals surface area (Å²) in [6.07, 6.45) is 4.56. The lowest BCUT2D eigenvalue weighted by atomic mass is 9.71. The van der Waals surface area contributed by atoms with Gasteiger partial charge in [-0.3, -0.25) is 9.69 Å². The summed E-state index contributed by atoms with van der Waals surface area (Å²) in [4.78, 5) is 17.4. The second-order valence-electron chi connectivity index (χ2n) is 10.1. The van der Waals surface area contributed by atoms with Gasteiger partial charge >= 0.3 is 0 Å². The van der Waals surface area contributed by atoms with Crippen LogP contribution in [0.3, 0.4) is 0 Å². The molecule has 1 amide bonds. The van der Waals surface area contributed by atoms with Crippen molar-refractivity contribution in [2.45, 2.75) is 39.2 Å². The maximum atomic E-state index is 12.9. The Morgan fingerprint density at radius 3 is 2.17 bits per heavy atom. The number of hydrogen-bond acceptors (Lipinski definition) is 3. The molecule has 2 heterocycles. The van der Waals surface area contributed by atoms with E-state index in [2.05, 4.69) is 42.2 Å². The Morgan fingerprint density at radius 1 is 0.857 bits per heavy atom. The number of rotatable bonds is 5.